The van der Waals surface area contributed by atoms with E-state index < -0.39 is 0 Å². The van der Waals surface area contributed by atoms with Crippen molar-refractivity contribution in [3.8, 4) is 0 Å². The molecule has 0 saturated heterocycles. The minimum Gasteiger partial charge on any atom is -0.0845 e. The van der Waals surface area contributed by atoms with Gasteiger partial charge in [-0.05, 0) is 31.8 Å². The highest BCUT2D eigenvalue weighted by Gasteiger charge is 1.85. The highest BCUT2D eigenvalue weighted by Crippen LogP contribution is 2.04. The summed E-state index contributed by atoms with van der Waals surface area (Å²) in [5.41, 5.74) is 0. The van der Waals surface area contributed by atoms with Crippen molar-refractivity contribution >= 4 is 0 Å². The average molecular weight is 303 g/mol. The molecular weight excluding hydrogens is 276 g/mol. The van der Waals surface area contributed by atoms with Crippen LogP contribution in [0.5, 0.6) is 0 Å². The van der Waals surface area contributed by atoms with Gasteiger partial charge in [0.1, 0.15) is 0 Å². The van der Waals surface area contributed by atoms with E-state index in [0.717, 1.165) is 12.8 Å². The van der Waals surface area contributed by atoms with Crippen molar-refractivity contribution in [3.63, 3.8) is 0 Å². The lowest BCUT2D eigenvalue weighted by molar-refractivity contribution is 0.691. The van der Waals surface area contributed by atoms with E-state index in [1.165, 1.54) is 19.3 Å². The standard InChI is InChI=1S/C23H27/c1-2-4-6-8-10-12-14-16-18-20-22-23-21-19-17-15-13-11-9-7-5-3-1/h1-17H,18,20-23H2/b3-1-,4-2-,7-5-,8-6-,11-9-,12-10-,15-13-,16-14-,19-17?. The monoisotopic (exact) mass is 303 g/mol. The van der Waals surface area contributed by atoms with E-state index in [9.17, 15) is 0 Å². The fourth-order valence-corrected chi connectivity index (χ4v) is 1.88. The van der Waals surface area contributed by atoms with E-state index in [1.807, 2.05) is 79.0 Å². The molecule has 1 aliphatic rings. The maximum absolute atomic E-state index is 3.31. The molecule has 0 atom stereocenters. The van der Waals surface area contributed by atoms with Crippen LogP contribution in [-0.2, 0) is 0 Å². The summed E-state index contributed by atoms with van der Waals surface area (Å²) in [6.45, 7) is 0. The molecule has 0 aromatic heterocycles. The van der Waals surface area contributed by atoms with E-state index in [1.54, 1.807) is 0 Å². The largest absolute Gasteiger partial charge is 0.0845 e. The lowest BCUT2D eigenvalue weighted by atomic mass is 10.1. The second-order valence-electron chi connectivity index (χ2n) is 5.09. The van der Waals surface area contributed by atoms with E-state index in [4.69, 9.17) is 0 Å². The predicted octanol–water partition coefficient (Wildman–Crippen LogP) is 6.76. The van der Waals surface area contributed by atoms with Crippen LogP contribution in [0.1, 0.15) is 32.1 Å². The number of allylic oxidation sites excluding steroid dienone is 18. The van der Waals surface area contributed by atoms with Gasteiger partial charge in [-0.2, -0.15) is 0 Å². The molecule has 1 rings (SSSR count). The number of rotatable bonds is 0. The van der Waals surface area contributed by atoms with Gasteiger partial charge in [-0.1, -0.05) is 110 Å². The fourth-order valence-electron chi connectivity index (χ4n) is 1.88. The number of hydrogen-bond donors (Lipinski definition) is 0. The molecule has 1 aliphatic carbocycles. The minimum absolute atomic E-state index is 1.04. The van der Waals surface area contributed by atoms with Gasteiger partial charge in [-0.3, -0.25) is 0 Å². The molecule has 0 amide bonds. The number of hydrogen-bond acceptors (Lipinski definition) is 0. The summed E-state index contributed by atoms with van der Waals surface area (Å²) in [6.07, 6.45) is 44.0. The lowest BCUT2D eigenvalue weighted by Crippen LogP contribution is -1.74. The Labute approximate surface area is 142 Å². The summed E-state index contributed by atoms with van der Waals surface area (Å²) < 4.78 is 0. The normalized spacial score (nSPS) is 30.3. The molecule has 0 nitrogen and oxygen atoms in total. The van der Waals surface area contributed by atoms with Gasteiger partial charge in [0.25, 0.3) is 0 Å². The van der Waals surface area contributed by atoms with Crippen LogP contribution >= 0.6 is 0 Å². The Bertz CT molecular complexity index is 480. The zero-order valence-corrected chi connectivity index (χ0v) is 13.9. The first-order valence-corrected chi connectivity index (χ1v) is 8.38. The van der Waals surface area contributed by atoms with Gasteiger partial charge in [0.05, 0.1) is 0 Å². The van der Waals surface area contributed by atoms with Crippen LogP contribution in [0.3, 0.4) is 0 Å². The second kappa shape index (κ2) is 16.0. The highest BCUT2D eigenvalue weighted by molar-refractivity contribution is 5.21. The van der Waals surface area contributed by atoms with E-state index in [0.29, 0.717) is 0 Å². The molecule has 0 spiro atoms. The quantitative estimate of drug-likeness (QED) is 0.464. The molecule has 0 aliphatic heterocycles. The third-order valence-electron chi connectivity index (χ3n) is 3.10. The van der Waals surface area contributed by atoms with Crippen molar-refractivity contribution in [2.45, 2.75) is 32.1 Å². The van der Waals surface area contributed by atoms with Crippen LogP contribution < -0.4 is 0 Å². The average Bonchev–Trinajstić information content (AvgIpc) is 2.56. The third kappa shape index (κ3) is 14.4. The summed E-state index contributed by atoms with van der Waals surface area (Å²) in [6, 6.07) is 0. The Hall–Kier alpha value is -2.34. The highest BCUT2D eigenvalue weighted by atomic mass is 13.9. The Kier molecular flexibility index (Phi) is 13.0. The van der Waals surface area contributed by atoms with Gasteiger partial charge in [-0.15, -0.1) is 0 Å². The van der Waals surface area contributed by atoms with Gasteiger partial charge < -0.3 is 0 Å². The zero-order valence-electron chi connectivity index (χ0n) is 13.9. The fraction of sp³-hybridized carbons (Fsp3) is 0.217. The van der Waals surface area contributed by atoms with Gasteiger partial charge in [-0.25, -0.2) is 0 Å². The van der Waals surface area contributed by atoms with Crippen molar-refractivity contribution in [3.05, 3.63) is 109 Å². The minimum atomic E-state index is 1.04. The van der Waals surface area contributed by atoms with Crippen LogP contribution in [0.15, 0.2) is 103 Å². The summed E-state index contributed by atoms with van der Waals surface area (Å²) >= 11 is 0. The summed E-state index contributed by atoms with van der Waals surface area (Å²) in [7, 11) is 0. The summed E-state index contributed by atoms with van der Waals surface area (Å²) in [5, 5.41) is 0. The summed E-state index contributed by atoms with van der Waals surface area (Å²) in [5.74, 6) is 0. The van der Waals surface area contributed by atoms with Gasteiger partial charge in [0.2, 0.25) is 0 Å². The molecule has 0 heteroatoms. The Morgan fingerprint density at radius 3 is 1.48 bits per heavy atom. The van der Waals surface area contributed by atoms with Gasteiger partial charge in [0, 0.05) is 0 Å². The first-order valence-electron chi connectivity index (χ1n) is 8.38. The van der Waals surface area contributed by atoms with Crippen LogP contribution in [0.2, 0.25) is 0 Å². The van der Waals surface area contributed by atoms with Crippen molar-refractivity contribution in [1.29, 1.82) is 0 Å². The Morgan fingerprint density at radius 2 is 0.913 bits per heavy atom. The van der Waals surface area contributed by atoms with Crippen LogP contribution in [-0.4, -0.2) is 0 Å². The third-order valence-corrected chi connectivity index (χ3v) is 3.10. The van der Waals surface area contributed by atoms with Gasteiger partial charge in [0.15, 0.2) is 0 Å². The van der Waals surface area contributed by atoms with Crippen LogP contribution in [0.25, 0.3) is 0 Å². The van der Waals surface area contributed by atoms with Crippen molar-refractivity contribution < 1.29 is 0 Å². The lowest BCUT2D eigenvalue weighted by Gasteiger charge is -1.93. The maximum atomic E-state index is 3.31. The smallest absolute Gasteiger partial charge is 0.0276 e. The van der Waals surface area contributed by atoms with Crippen molar-refractivity contribution in [2.75, 3.05) is 0 Å². The molecule has 0 unspecified atom stereocenters. The molecule has 0 bridgehead atoms. The van der Waals surface area contributed by atoms with Crippen molar-refractivity contribution in [2.24, 2.45) is 0 Å². The molecule has 1 radical (unpaired) electrons. The zero-order chi connectivity index (χ0) is 16.3. The van der Waals surface area contributed by atoms with E-state index in [2.05, 4.69) is 30.4 Å². The predicted molar refractivity (Wildman–Crippen MR) is 104 cm³/mol. The van der Waals surface area contributed by atoms with Gasteiger partial charge >= 0.3 is 0 Å². The molecule has 0 fully saturated rings. The molecular formula is C23H27. The molecule has 0 aromatic carbocycles. The van der Waals surface area contributed by atoms with E-state index in [-0.39, 0.29) is 0 Å². The molecule has 119 valence electrons. The SMILES string of the molecule is [C]1=C/C=C\C=C/C=C\C=C/C=C\C=C/C=C\C=C/CCCCC\1. The van der Waals surface area contributed by atoms with Crippen LogP contribution in [0, 0.1) is 6.08 Å². The van der Waals surface area contributed by atoms with Crippen LogP contribution in [0.4, 0.5) is 0 Å². The maximum Gasteiger partial charge on any atom is -0.0276 e. The first kappa shape index (κ1) is 18.7. The molecule has 0 saturated carbocycles. The molecule has 23 heavy (non-hydrogen) atoms. The molecule has 0 N–H and O–H groups in total. The Balaban J connectivity index is 2.50. The topological polar surface area (TPSA) is 0 Å². The molecule has 0 aromatic rings. The Morgan fingerprint density at radius 1 is 0.435 bits per heavy atom. The first-order chi connectivity index (χ1) is 11.5. The second-order valence-corrected chi connectivity index (χ2v) is 5.09. The molecule has 0 heterocycles. The van der Waals surface area contributed by atoms with Crippen molar-refractivity contribution in [1.82, 2.24) is 0 Å². The van der Waals surface area contributed by atoms with E-state index >= 15 is 0 Å². The summed E-state index contributed by atoms with van der Waals surface area (Å²) in [4.78, 5) is 0.